The quantitative estimate of drug-likeness (QED) is 0.154. The van der Waals surface area contributed by atoms with Crippen LogP contribution in [0.15, 0.2) is 59.5 Å². The van der Waals surface area contributed by atoms with Crippen molar-refractivity contribution in [2.75, 3.05) is 26.1 Å². The number of pyridine rings is 1. The number of thiazole rings is 1. The predicted molar refractivity (Wildman–Crippen MR) is 162 cm³/mol. The predicted octanol–water partition coefficient (Wildman–Crippen LogP) is 6.12. The van der Waals surface area contributed by atoms with Crippen LogP contribution in [0.1, 0.15) is 42.8 Å². The van der Waals surface area contributed by atoms with E-state index in [0.29, 0.717) is 19.4 Å². The molecule has 1 atom stereocenters. The van der Waals surface area contributed by atoms with Crippen LogP contribution in [0.25, 0.3) is 10.2 Å². The number of benzene rings is 2. The van der Waals surface area contributed by atoms with E-state index in [-0.39, 0.29) is 10.9 Å². The average Bonchev–Trinajstić information content (AvgIpc) is 3.39. The number of nitrogens with one attached hydrogen (secondary N) is 2. The van der Waals surface area contributed by atoms with Gasteiger partial charge in [0.1, 0.15) is 11.5 Å². The third kappa shape index (κ3) is 9.53. The first-order chi connectivity index (χ1) is 20.8. The number of aliphatic carboxylic acids is 1. The molecule has 2 aromatic carbocycles. The van der Waals surface area contributed by atoms with Crippen LogP contribution in [0.2, 0.25) is 0 Å². The standard InChI is InChI=1S/C27H32N4O4S2.C2HF3O2/c1-5-22(23-10-6-8-18(2)29-23)30-27-31-24-13-12-21(17-26(24)36-27)37(32,33)28-15-7-9-19-16-20(34-3)11-14-25(19)35-4;3-2(4,5)1(6)7/h6,8,10-14,16-17,22,28H,5,7,9,15H2,1-4H3,(H,30,31);(H,6,7). The van der Waals surface area contributed by atoms with Gasteiger partial charge in [0.2, 0.25) is 10.0 Å². The van der Waals surface area contributed by atoms with Gasteiger partial charge in [0.05, 0.1) is 41.1 Å². The number of fused-ring (bicyclic) bond motifs is 1. The normalized spacial score (nSPS) is 12.2. The SMILES string of the molecule is CCC(Nc1nc2ccc(S(=O)(=O)NCCCc3cc(OC)ccc3OC)cc2s1)c1cccc(C)n1.O=C(O)C(F)(F)F. The third-order valence-corrected chi connectivity index (χ3v) is 8.70. The summed E-state index contributed by atoms with van der Waals surface area (Å²) < 4.78 is 71.9. The molecule has 10 nitrogen and oxygen atoms in total. The number of hydrogen-bond donors (Lipinski definition) is 3. The van der Waals surface area contributed by atoms with Crippen LogP contribution in [0.3, 0.4) is 0 Å². The average molecular weight is 655 g/mol. The molecule has 0 saturated carbocycles. The minimum absolute atomic E-state index is 0.0218. The highest BCUT2D eigenvalue weighted by molar-refractivity contribution is 7.89. The summed E-state index contributed by atoms with van der Waals surface area (Å²) >= 11 is 1.44. The molecule has 4 rings (SSSR count). The molecule has 0 saturated heterocycles. The Hall–Kier alpha value is -3.95. The van der Waals surface area contributed by atoms with Gasteiger partial charge in [0.25, 0.3) is 0 Å². The first-order valence-corrected chi connectivity index (χ1v) is 15.7. The Morgan fingerprint density at radius 1 is 1.07 bits per heavy atom. The molecule has 0 radical (unpaired) electrons. The fourth-order valence-electron chi connectivity index (χ4n) is 4.07. The van der Waals surface area contributed by atoms with Gasteiger partial charge in [0.15, 0.2) is 5.13 Å². The number of rotatable bonds is 12. The van der Waals surface area contributed by atoms with Crippen LogP contribution in [-0.4, -0.2) is 56.4 Å². The number of anilines is 1. The number of ether oxygens (including phenoxy) is 2. The molecule has 0 aliphatic carbocycles. The van der Waals surface area contributed by atoms with Gasteiger partial charge >= 0.3 is 12.1 Å². The number of carbonyl (C=O) groups is 1. The molecule has 0 aliphatic rings. The fraction of sp³-hybridized carbons (Fsp3) is 0.345. The molecule has 0 amide bonds. The van der Waals surface area contributed by atoms with E-state index in [1.54, 1.807) is 32.4 Å². The van der Waals surface area contributed by atoms with Crippen molar-refractivity contribution in [3.05, 3.63) is 71.5 Å². The van der Waals surface area contributed by atoms with Gasteiger partial charge in [-0.3, -0.25) is 4.98 Å². The van der Waals surface area contributed by atoms with E-state index in [1.807, 2.05) is 43.3 Å². The van der Waals surface area contributed by atoms with Gasteiger partial charge in [-0.25, -0.2) is 22.9 Å². The number of aryl methyl sites for hydroxylation is 2. The number of hydrogen-bond acceptors (Lipinski definition) is 9. The minimum atomic E-state index is -5.08. The first-order valence-electron chi connectivity index (χ1n) is 13.4. The summed E-state index contributed by atoms with van der Waals surface area (Å²) in [5, 5.41) is 11.3. The van der Waals surface area contributed by atoms with Crippen LogP contribution in [0, 0.1) is 6.92 Å². The van der Waals surface area contributed by atoms with Crippen LogP contribution >= 0.6 is 11.3 Å². The summed E-state index contributed by atoms with van der Waals surface area (Å²) in [6.45, 7) is 4.37. The van der Waals surface area contributed by atoms with Gasteiger partial charge < -0.3 is 19.9 Å². The summed E-state index contributed by atoms with van der Waals surface area (Å²) in [5.74, 6) is -1.26. The van der Waals surface area contributed by atoms with Gasteiger partial charge in [-0.05, 0) is 80.3 Å². The molecule has 2 heterocycles. The lowest BCUT2D eigenvalue weighted by Crippen LogP contribution is -2.25. The lowest BCUT2D eigenvalue weighted by Gasteiger charge is -2.15. The number of sulfonamides is 1. The van der Waals surface area contributed by atoms with Gasteiger partial charge in [-0.2, -0.15) is 13.2 Å². The second kappa shape index (κ2) is 15.2. The molecule has 2 aromatic heterocycles. The Morgan fingerprint density at radius 2 is 1.80 bits per heavy atom. The maximum Gasteiger partial charge on any atom is 0.490 e. The maximum absolute atomic E-state index is 13.0. The van der Waals surface area contributed by atoms with E-state index in [1.165, 1.54) is 11.3 Å². The number of halogens is 3. The van der Waals surface area contributed by atoms with E-state index < -0.39 is 22.2 Å². The lowest BCUT2D eigenvalue weighted by atomic mass is 10.1. The van der Waals surface area contributed by atoms with E-state index in [0.717, 1.165) is 50.2 Å². The smallest absolute Gasteiger partial charge is 0.490 e. The van der Waals surface area contributed by atoms with Crippen molar-refractivity contribution >= 4 is 42.7 Å². The topological polar surface area (TPSA) is 140 Å². The number of carboxylic acids is 1. The molecule has 44 heavy (non-hydrogen) atoms. The molecule has 238 valence electrons. The van der Waals surface area contributed by atoms with E-state index in [2.05, 4.69) is 26.9 Å². The largest absolute Gasteiger partial charge is 0.497 e. The van der Waals surface area contributed by atoms with E-state index >= 15 is 0 Å². The first kappa shape index (κ1) is 34.5. The van der Waals surface area contributed by atoms with Gasteiger partial charge in [-0.1, -0.05) is 24.3 Å². The number of alkyl halides is 3. The van der Waals surface area contributed by atoms with Crippen LogP contribution in [0.5, 0.6) is 11.5 Å². The molecule has 0 aliphatic heterocycles. The monoisotopic (exact) mass is 654 g/mol. The van der Waals surface area contributed by atoms with Crippen LogP contribution in [0.4, 0.5) is 18.3 Å². The lowest BCUT2D eigenvalue weighted by molar-refractivity contribution is -0.192. The molecule has 4 aromatic rings. The maximum atomic E-state index is 13.0. The molecule has 1 unspecified atom stereocenters. The molecule has 0 spiro atoms. The minimum Gasteiger partial charge on any atom is -0.497 e. The Labute approximate surface area is 257 Å². The highest BCUT2D eigenvalue weighted by atomic mass is 32.2. The Kier molecular flexibility index (Phi) is 11.9. The van der Waals surface area contributed by atoms with Crippen LogP contribution < -0.4 is 19.5 Å². The van der Waals surface area contributed by atoms with Gasteiger partial charge in [-0.15, -0.1) is 0 Å². The third-order valence-electron chi connectivity index (χ3n) is 6.29. The Balaban J connectivity index is 0.000000676. The van der Waals surface area contributed by atoms with Crippen molar-refractivity contribution in [2.24, 2.45) is 0 Å². The summed E-state index contributed by atoms with van der Waals surface area (Å²) in [4.78, 5) is 18.4. The number of methoxy groups -OCH3 is 2. The molecule has 0 fully saturated rings. The second-order valence-electron chi connectivity index (χ2n) is 9.44. The van der Waals surface area contributed by atoms with Crippen LogP contribution in [-0.2, 0) is 21.2 Å². The van der Waals surface area contributed by atoms with Crippen molar-refractivity contribution in [3.63, 3.8) is 0 Å². The fourth-order valence-corrected chi connectivity index (χ4v) is 6.20. The zero-order valence-electron chi connectivity index (χ0n) is 24.4. The molecule has 0 bridgehead atoms. The van der Waals surface area contributed by atoms with E-state index in [4.69, 9.17) is 19.4 Å². The second-order valence-corrected chi connectivity index (χ2v) is 12.2. The van der Waals surface area contributed by atoms with E-state index in [9.17, 15) is 21.6 Å². The van der Waals surface area contributed by atoms with Crippen molar-refractivity contribution in [1.29, 1.82) is 0 Å². The van der Waals surface area contributed by atoms with Crippen molar-refractivity contribution in [2.45, 2.75) is 50.2 Å². The summed E-state index contributed by atoms with van der Waals surface area (Å²) in [6.07, 6.45) is -2.97. The Bertz CT molecular complexity index is 1680. The summed E-state index contributed by atoms with van der Waals surface area (Å²) in [6, 6.07) is 16.6. The number of nitrogens with zero attached hydrogens (tertiary/aromatic N) is 2. The number of carboxylic acid groups (broad SMARTS) is 1. The van der Waals surface area contributed by atoms with Crippen molar-refractivity contribution < 1.29 is 41.0 Å². The highest BCUT2D eigenvalue weighted by Crippen LogP contribution is 2.31. The zero-order valence-corrected chi connectivity index (χ0v) is 26.1. The van der Waals surface area contributed by atoms with Gasteiger partial charge in [0, 0.05) is 12.2 Å². The Morgan fingerprint density at radius 3 is 2.41 bits per heavy atom. The summed E-state index contributed by atoms with van der Waals surface area (Å²) in [5.41, 5.74) is 3.65. The molecular formula is C29H33F3N4O6S2. The highest BCUT2D eigenvalue weighted by Gasteiger charge is 2.38. The summed E-state index contributed by atoms with van der Waals surface area (Å²) in [7, 11) is -0.428. The molecule has 3 N–H and O–H groups in total. The van der Waals surface area contributed by atoms with Crippen molar-refractivity contribution in [3.8, 4) is 11.5 Å². The zero-order chi connectivity index (χ0) is 32.5. The molecule has 15 heteroatoms. The molecular weight excluding hydrogens is 621 g/mol. The van der Waals surface area contributed by atoms with Crippen molar-refractivity contribution in [1.82, 2.24) is 14.7 Å². The number of aromatic nitrogens is 2.